The molecule has 1 aromatic rings. The van der Waals surface area contributed by atoms with Gasteiger partial charge in [-0.15, -0.1) is 11.3 Å². The van der Waals surface area contributed by atoms with Gasteiger partial charge in [-0.05, 0) is 32.1 Å². The van der Waals surface area contributed by atoms with Gasteiger partial charge in [0, 0.05) is 18.0 Å². The minimum atomic E-state index is 0.388. The van der Waals surface area contributed by atoms with Crippen molar-refractivity contribution in [2.24, 2.45) is 5.41 Å². The fraction of sp³-hybridized carbons (Fsp3) is 0.786. The third-order valence-corrected chi connectivity index (χ3v) is 4.77. The molecule has 1 aromatic heterocycles. The molecule has 0 amide bonds. The van der Waals surface area contributed by atoms with Gasteiger partial charge in [-0.2, -0.15) is 0 Å². The highest BCUT2D eigenvalue weighted by Gasteiger charge is 2.27. The van der Waals surface area contributed by atoms with Gasteiger partial charge >= 0.3 is 0 Å². The van der Waals surface area contributed by atoms with Crippen LogP contribution in [0.4, 0.5) is 0 Å². The lowest BCUT2D eigenvalue weighted by atomic mass is 9.75. The predicted molar refractivity (Wildman–Crippen MR) is 74.5 cm³/mol. The summed E-state index contributed by atoms with van der Waals surface area (Å²) in [4.78, 5) is 4.55. The summed E-state index contributed by atoms with van der Waals surface area (Å²) in [5.74, 6) is 0. The van der Waals surface area contributed by atoms with Crippen LogP contribution in [-0.2, 0) is 0 Å². The zero-order chi connectivity index (χ0) is 12.3. The average molecular weight is 252 g/mol. The van der Waals surface area contributed by atoms with Crippen molar-refractivity contribution in [2.75, 3.05) is 6.54 Å². The van der Waals surface area contributed by atoms with Crippen LogP contribution in [-0.4, -0.2) is 11.5 Å². The van der Waals surface area contributed by atoms with E-state index in [1.807, 2.05) is 0 Å². The first kappa shape index (κ1) is 13.0. The monoisotopic (exact) mass is 252 g/mol. The predicted octanol–water partition coefficient (Wildman–Crippen LogP) is 4.07. The van der Waals surface area contributed by atoms with Gasteiger partial charge in [0.25, 0.3) is 0 Å². The maximum atomic E-state index is 4.55. The maximum Gasteiger partial charge on any atom is 0.0898 e. The van der Waals surface area contributed by atoms with Gasteiger partial charge in [0.1, 0.15) is 0 Å². The Hall–Kier alpha value is -0.410. The number of nitrogens with zero attached hydrogens (tertiary/aromatic N) is 1. The van der Waals surface area contributed by atoms with Gasteiger partial charge in [-0.25, -0.2) is 4.98 Å². The lowest BCUT2D eigenvalue weighted by Gasteiger charge is -2.34. The second-order valence-corrected chi connectivity index (χ2v) is 6.83. The van der Waals surface area contributed by atoms with Crippen LogP contribution in [0.2, 0.25) is 0 Å². The molecular weight excluding hydrogens is 228 g/mol. The Labute approximate surface area is 109 Å². The fourth-order valence-electron chi connectivity index (χ4n) is 2.67. The van der Waals surface area contributed by atoms with Crippen molar-refractivity contribution in [3.05, 3.63) is 16.1 Å². The average Bonchev–Trinajstić information content (AvgIpc) is 2.74. The molecule has 0 spiro atoms. The highest BCUT2D eigenvalue weighted by atomic mass is 32.1. The summed E-state index contributed by atoms with van der Waals surface area (Å²) in [7, 11) is 0. The Morgan fingerprint density at radius 3 is 2.71 bits per heavy atom. The smallest absolute Gasteiger partial charge is 0.0898 e. The van der Waals surface area contributed by atoms with Gasteiger partial charge in [-0.1, -0.05) is 26.2 Å². The van der Waals surface area contributed by atoms with Crippen molar-refractivity contribution in [3.8, 4) is 0 Å². The number of aryl methyl sites for hydroxylation is 1. The third kappa shape index (κ3) is 3.52. The van der Waals surface area contributed by atoms with Crippen molar-refractivity contribution >= 4 is 11.3 Å². The minimum Gasteiger partial charge on any atom is -0.308 e. The molecule has 1 N–H and O–H groups in total. The number of hydrogen-bond donors (Lipinski definition) is 1. The molecule has 0 saturated heterocycles. The summed E-state index contributed by atoms with van der Waals surface area (Å²) in [6, 6.07) is 0.388. The molecule has 1 saturated carbocycles. The third-order valence-electron chi connectivity index (χ3n) is 3.98. The van der Waals surface area contributed by atoms with E-state index in [-0.39, 0.29) is 0 Å². The molecule has 2 nitrogen and oxygen atoms in total. The van der Waals surface area contributed by atoms with E-state index in [0.717, 1.165) is 11.6 Å². The summed E-state index contributed by atoms with van der Waals surface area (Å²) in [6.07, 6.45) is 6.99. The Bertz CT molecular complexity index is 353. The van der Waals surface area contributed by atoms with Gasteiger partial charge < -0.3 is 5.32 Å². The first-order chi connectivity index (χ1) is 8.09. The Balaban J connectivity index is 1.85. The summed E-state index contributed by atoms with van der Waals surface area (Å²) in [5.41, 5.74) is 1.71. The van der Waals surface area contributed by atoms with E-state index < -0.39 is 0 Å². The molecule has 0 radical (unpaired) electrons. The zero-order valence-corrected chi connectivity index (χ0v) is 12.1. The van der Waals surface area contributed by atoms with E-state index in [1.165, 1.54) is 37.8 Å². The van der Waals surface area contributed by atoms with Gasteiger partial charge in [0.05, 0.1) is 10.7 Å². The summed E-state index contributed by atoms with van der Waals surface area (Å²) in [6.45, 7) is 7.85. The Morgan fingerprint density at radius 1 is 1.41 bits per heavy atom. The van der Waals surface area contributed by atoms with Crippen LogP contribution in [0.5, 0.6) is 0 Å². The molecule has 1 unspecified atom stereocenters. The summed E-state index contributed by atoms with van der Waals surface area (Å²) >= 11 is 1.74. The van der Waals surface area contributed by atoms with Crippen LogP contribution in [0.15, 0.2) is 5.38 Å². The molecule has 1 fully saturated rings. The Kier molecular flexibility index (Phi) is 4.21. The molecule has 17 heavy (non-hydrogen) atoms. The Morgan fingerprint density at radius 2 is 2.12 bits per heavy atom. The van der Waals surface area contributed by atoms with Crippen LogP contribution >= 0.6 is 11.3 Å². The van der Waals surface area contributed by atoms with Crippen LogP contribution in [0.3, 0.4) is 0 Å². The molecule has 96 valence electrons. The zero-order valence-electron chi connectivity index (χ0n) is 11.3. The van der Waals surface area contributed by atoms with E-state index in [4.69, 9.17) is 0 Å². The van der Waals surface area contributed by atoms with E-state index in [2.05, 4.69) is 36.5 Å². The van der Waals surface area contributed by atoms with Crippen molar-refractivity contribution in [1.29, 1.82) is 0 Å². The molecule has 0 bridgehead atoms. The van der Waals surface area contributed by atoms with Crippen molar-refractivity contribution in [2.45, 2.75) is 58.9 Å². The molecular formula is C14H24N2S. The van der Waals surface area contributed by atoms with Crippen LogP contribution in [0.1, 0.15) is 62.7 Å². The lowest BCUT2D eigenvalue weighted by molar-refractivity contribution is 0.201. The topological polar surface area (TPSA) is 24.9 Å². The highest BCUT2D eigenvalue weighted by molar-refractivity contribution is 7.09. The maximum absolute atomic E-state index is 4.55. The molecule has 1 aliphatic rings. The van der Waals surface area contributed by atoms with Crippen LogP contribution in [0.25, 0.3) is 0 Å². The molecule has 3 heteroatoms. The molecule has 2 rings (SSSR count). The first-order valence-corrected chi connectivity index (χ1v) is 7.62. The molecule has 0 aliphatic heterocycles. The molecule has 1 heterocycles. The van der Waals surface area contributed by atoms with Gasteiger partial charge in [-0.3, -0.25) is 0 Å². The SMILES string of the molecule is Cc1nc(C(C)NCC2(C)CCCCC2)cs1. The van der Waals surface area contributed by atoms with E-state index in [1.54, 1.807) is 11.3 Å². The second kappa shape index (κ2) is 5.49. The second-order valence-electron chi connectivity index (χ2n) is 5.77. The van der Waals surface area contributed by atoms with Crippen molar-refractivity contribution in [3.63, 3.8) is 0 Å². The number of aromatic nitrogens is 1. The van der Waals surface area contributed by atoms with Gasteiger partial charge in [0.15, 0.2) is 0 Å². The highest BCUT2D eigenvalue weighted by Crippen LogP contribution is 2.35. The number of nitrogens with one attached hydrogen (secondary N) is 1. The van der Waals surface area contributed by atoms with Gasteiger partial charge in [0.2, 0.25) is 0 Å². The van der Waals surface area contributed by atoms with Crippen LogP contribution < -0.4 is 5.32 Å². The van der Waals surface area contributed by atoms with Crippen molar-refractivity contribution < 1.29 is 0 Å². The standard InChI is InChI=1S/C14H24N2S/c1-11(13-9-17-12(2)16-13)15-10-14(3)7-5-4-6-8-14/h9,11,15H,4-8,10H2,1-3H3. The quantitative estimate of drug-likeness (QED) is 0.873. The van der Waals surface area contributed by atoms with E-state index in [0.29, 0.717) is 11.5 Å². The van der Waals surface area contributed by atoms with Crippen molar-refractivity contribution in [1.82, 2.24) is 10.3 Å². The molecule has 1 aliphatic carbocycles. The largest absolute Gasteiger partial charge is 0.308 e. The number of rotatable bonds is 4. The molecule has 1 atom stereocenters. The van der Waals surface area contributed by atoms with Crippen LogP contribution in [0, 0.1) is 12.3 Å². The molecule has 0 aromatic carbocycles. The van der Waals surface area contributed by atoms with E-state index in [9.17, 15) is 0 Å². The van der Waals surface area contributed by atoms with E-state index >= 15 is 0 Å². The minimum absolute atomic E-state index is 0.388. The number of hydrogen-bond acceptors (Lipinski definition) is 3. The summed E-state index contributed by atoms with van der Waals surface area (Å²) in [5, 5.41) is 7.01. The normalized spacial score (nSPS) is 21.4. The summed E-state index contributed by atoms with van der Waals surface area (Å²) < 4.78 is 0. The number of thiazole rings is 1. The first-order valence-electron chi connectivity index (χ1n) is 6.74. The fourth-order valence-corrected chi connectivity index (χ4v) is 3.37. The lowest BCUT2D eigenvalue weighted by Crippen LogP contribution is -2.35.